The Hall–Kier alpha value is -0.550. The normalized spacial score (nSPS) is 17.3. The van der Waals surface area contributed by atoms with E-state index in [1.165, 1.54) is 12.8 Å². The second-order valence-electron chi connectivity index (χ2n) is 2.86. The SMILES string of the molecule is CCCN(CC#N)C1CC1. The summed E-state index contributed by atoms with van der Waals surface area (Å²) < 4.78 is 0. The van der Waals surface area contributed by atoms with Crippen molar-refractivity contribution < 1.29 is 0 Å². The fraction of sp³-hybridized carbons (Fsp3) is 0.875. The molecule has 0 aromatic rings. The fourth-order valence-corrected chi connectivity index (χ4v) is 1.21. The summed E-state index contributed by atoms with van der Waals surface area (Å²) in [6.45, 7) is 3.88. The molecule has 1 aliphatic carbocycles. The van der Waals surface area contributed by atoms with Gasteiger partial charge in [-0.1, -0.05) is 6.92 Å². The third-order valence-electron chi connectivity index (χ3n) is 1.85. The highest BCUT2D eigenvalue weighted by Gasteiger charge is 2.27. The van der Waals surface area contributed by atoms with Gasteiger partial charge in [0.1, 0.15) is 0 Å². The molecule has 56 valence electrons. The maximum Gasteiger partial charge on any atom is 0.0868 e. The van der Waals surface area contributed by atoms with Gasteiger partial charge in [0, 0.05) is 6.04 Å². The van der Waals surface area contributed by atoms with Crippen molar-refractivity contribution in [1.82, 2.24) is 4.90 Å². The molecule has 0 atom stereocenters. The molecule has 0 aliphatic heterocycles. The smallest absolute Gasteiger partial charge is 0.0868 e. The minimum absolute atomic E-state index is 0.624. The quantitative estimate of drug-likeness (QED) is 0.549. The van der Waals surface area contributed by atoms with Crippen molar-refractivity contribution in [3.63, 3.8) is 0 Å². The summed E-state index contributed by atoms with van der Waals surface area (Å²) in [5, 5.41) is 8.45. The molecule has 0 spiro atoms. The van der Waals surface area contributed by atoms with Crippen LogP contribution in [0.3, 0.4) is 0 Å². The van der Waals surface area contributed by atoms with E-state index in [4.69, 9.17) is 5.26 Å². The predicted molar refractivity (Wildman–Crippen MR) is 40.5 cm³/mol. The lowest BCUT2D eigenvalue weighted by molar-refractivity contribution is 0.296. The van der Waals surface area contributed by atoms with Gasteiger partial charge in [0.25, 0.3) is 0 Å². The first-order valence-electron chi connectivity index (χ1n) is 3.99. The van der Waals surface area contributed by atoms with Crippen LogP contribution in [0, 0.1) is 11.3 Å². The first kappa shape index (κ1) is 7.56. The van der Waals surface area contributed by atoms with Gasteiger partial charge >= 0.3 is 0 Å². The van der Waals surface area contributed by atoms with Crippen LogP contribution < -0.4 is 0 Å². The highest BCUT2D eigenvalue weighted by molar-refractivity contribution is 4.89. The Bertz CT molecular complexity index is 133. The largest absolute Gasteiger partial charge is 0.288 e. The summed E-state index contributed by atoms with van der Waals surface area (Å²) in [7, 11) is 0. The molecule has 0 heterocycles. The van der Waals surface area contributed by atoms with E-state index >= 15 is 0 Å². The van der Waals surface area contributed by atoms with Gasteiger partial charge in [0.2, 0.25) is 0 Å². The molecule has 2 nitrogen and oxygen atoms in total. The lowest BCUT2D eigenvalue weighted by Gasteiger charge is -2.16. The van der Waals surface area contributed by atoms with E-state index in [1.807, 2.05) is 0 Å². The van der Waals surface area contributed by atoms with Crippen LogP contribution >= 0.6 is 0 Å². The van der Waals surface area contributed by atoms with E-state index in [-0.39, 0.29) is 0 Å². The maximum absolute atomic E-state index is 8.45. The fourth-order valence-electron chi connectivity index (χ4n) is 1.21. The maximum atomic E-state index is 8.45. The predicted octanol–water partition coefficient (Wildman–Crippen LogP) is 1.38. The third-order valence-corrected chi connectivity index (χ3v) is 1.85. The Labute approximate surface area is 62.4 Å². The summed E-state index contributed by atoms with van der Waals surface area (Å²) in [5.41, 5.74) is 0. The summed E-state index contributed by atoms with van der Waals surface area (Å²) >= 11 is 0. The molecule has 0 N–H and O–H groups in total. The van der Waals surface area contributed by atoms with E-state index in [2.05, 4.69) is 17.9 Å². The van der Waals surface area contributed by atoms with E-state index in [1.54, 1.807) is 0 Å². The van der Waals surface area contributed by atoms with Gasteiger partial charge in [0.15, 0.2) is 0 Å². The summed E-state index contributed by atoms with van der Waals surface area (Å²) in [5.74, 6) is 0. The van der Waals surface area contributed by atoms with Gasteiger partial charge in [-0.15, -0.1) is 0 Å². The van der Waals surface area contributed by atoms with Crippen LogP contribution in [0.25, 0.3) is 0 Å². The Morgan fingerprint density at radius 3 is 2.70 bits per heavy atom. The molecule has 0 amide bonds. The van der Waals surface area contributed by atoms with Gasteiger partial charge in [-0.3, -0.25) is 4.90 Å². The average Bonchev–Trinajstić information content (AvgIpc) is 2.69. The Balaban J connectivity index is 2.21. The third kappa shape index (κ3) is 2.00. The molecule has 0 saturated heterocycles. The molecule has 2 heteroatoms. The number of hydrogen-bond acceptors (Lipinski definition) is 2. The lowest BCUT2D eigenvalue weighted by Crippen LogP contribution is -2.26. The molecular weight excluding hydrogens is 124 g/mol. The molecule has 0 aromatic carbocycles. The van der Waals surface area contributed by atoms with Crippen LogP contribution in [-0.4, -0.2) is 24.0 Å². The second kappa shape index (κ2) is 3.58. The van der Waals surface area contributed by atoms with E-state index in [9.17, 15) is 0 Å². The first-order valence-corrected chi connectivity index (χ1v) is 3.99. The average molecular weight is 138 g/mol. The Morgan fingerprint density at radius 2 is 2.30 bits per heavy atom. The van der Waals surface area contributed by atoms with Gasteiger partial charge in [-0.05, 0) is 25.8 Å². The van der Waals surface area contributed by atoms with Crippen molar-refractivity contribution in [2.45, 2.75) is 32.2 Å². The van der Waals surface area contributed by atoms with Gasteiger partial charge in [0.05, 0.1) is 12.6 Å². The van der Waals surface area contributed by atoms with E-state index in [0.717, 1.165) is 19.0 Å². The molecule has 0 radical (unpaired) electrons. The Morgan fingerprint density at radius 1 is 1.60 bits per heavy atom. The van der Waals surface area contributed by atoms with E-state index in [0.29, 0.717) is 6.54 Å². The van der Waals surface area contributed by atoms with Gasteiger partial charge in [-0.2, -0.15) is 5.26 Å². The summed E-state index contributed by atoms with van der Waals surface area (Å²) in [6.07, 6.45) is 3.78. The Kier molecular flexibility index (Phi) is 2.70. The zero-order chi connectivity index (χ0) is 7.40. The van der Waals surface area contributed by atoms with Crippen molar-refractivity contribution in [1.29, 1.82) is 5.26 Å². The second-order valence-corrected chi connectivity index (χ2v) is 2.86. The molecular formula is C8H14N2. The minimum atomic E-state index is 0.624. The number of hydrogen-bond donors (Lipinski definition) is 0. The standard InChI is InChI=1S/C8H14N2/c1-2-6-10(7-5-9)8-3-4-8/h8H,2-4,6-7H2,1H3. The van der Waals surface area contributed by atoms with Crippen LogP contribution in [-0.2, 0) is 0 Å². The van der Waals surface area contributed by atoms with Crippen LogP contribution in [0.4, 0.5) is 0 Å². The molecule has 0 unspecified atom stereocenters. The van der Waals surface area contributed by atoms with Crippen molar-refractivity contribution >= 4 is 0 Å². The molecule has 1 saturated carbocycles. The van der Waals surface area contributed by atoms with Crippen LogP contribution in [0.1, 0.15) is 26.2 Å². The van der Waals surface area contributed by atoms with Crippen molar-refractivity contribution in [3.8, 4) is 6.07 Å². The van der Waals surface area contributed by atoms with Gasteiger partial charge in [-0.25, -0.2) is 0 Å². The summed E-state index contributed by atoms with van der Waals surface area (Å²) in [6, 6.07) is 2.95. The molecule has 1 rings (SSSR count). The van der Waals surface area contributed by atoms with Crippen LogP contribution in [0.5, 0.6) is 0 Å². The molecule has 0 bridgehead atoms. The highest BCUT2D eigenvalue weighted by atomic mass is 15.2. The number of nitriles is 1. The molecule has 1 aliphatic rings. The number of nitrogens with zero attached hydrogens (tertiary/aromatic N) is 2. The minimum Gasteiger partial charge on any atom is -0.288 e. The highest BCUT2D eigenvalue weighted by Crippen LogP contribution is 2.26. The monoisotopic (exact) mass is 138 g/mol. The first-order chi connectivity index (χ1) is 4.88. The van der Waals surface area contributed by atoms with Gasteiger partial charge < -0.3 is 0 Å². The van der Waals surface area contributed by atoms with E-state index < -0.39 is 0 Å². The summed E-state index contributed by atoms with van der Waals surface area (Å²) in [4.78, 5) is 2.28. The molecule has 10 heavy (non-hydrogen) atoms. The topological polar surface area (TPSA) is 27.0 Å². The molecule has 0 aromatic heterocycles. The van der Waals surface area contributed by atoms with Crippen LogP contribution in [0.2, 0.25) is 0 Å². The lowest BCUT2D eigenvalue weighted by atomic mass is 10.4. The van der Waals surface area contributed by atoms with Crippen molar-refractivity contribution in [2.75, 3.05) is 13.1 Å². The zero-order valence-electron chi connectivity index (χ0n) is 6.51. The molecule has 1 fully saturated rings. The van der Waals surface area contributed by atoms with Crippen LogP contribution in [0.15, 0.2) is 0 Å². The van der Waals surface area contributed by atoms with Crippen molar-refractivity contribution in [3.05, 3.63) is 0 Å². The number of rotatable bonds is 4. The zero-order valence-corrected chi connectivity index (χ0v) is 6.51. The van der Waals surface area contributed by atoms with Crippen molar-refractivity contribution in [2.24, 2.45) is 0 Å².